The van der Waals surface area contributed by atoms with Gasteiger partial charge in [0, 0.05) is 25.8 Å². The Hall–Kier alpha value is -3.24. The van der Waals surface area contributed by atoms with Crippen LogP contribution < -0.4 is 10.9 Å². The third kappa shape index (κ3) is 2.97. The van der Waals surface area contributed by atoms with Gasteiger partial charge in [0.05, 0.1) is 0 Å². The maximum atomic E-state index is 12.9. The molecule has 0 aromatic carbocycles. The van der Waals surface area contributed by atoms with E-state index in [-0.39, 0.29) is 42.3 Å². The lowest BCUT2D eigenvalue weighted by Crippen LogP contribution is -2.58. The summed E-state index contributed by atoms with van der Waals surface area (Å²) in [5.74, 6) is 0.165. The van der Waals surface area contributed by atoms with Crippen molar-refractivity contribution in [2.75, 3.05) is 19.6 Å². The molecule has 1 spiro atoms. The molecular weight excluding hydrogens is 378 g/mol. The molecule has 2 saturated heterocycles. The van der Waals surface area contributed by atoms with Crippen molar-refractivity contribution in [2.24, 2.45) is 5.92 Å². The molecule has 2 aliphatic heterocycles. The van der Waals surface area contributed by atoms with Gasteiger partial charge in [-0.1, -0.05) is 13.8 Å². The summed E-state index contributed by atoms with van der Waals surface area (Å²) in [4.78, 5) is 61.6. The number of aromatic amines is 1. The second-order valence-electron chi connectivity index (χ2n) is 8.01. The second kappa shape index (κ2) is 6.68. The van der Waals surface area contributed by atoms with Gasteiger partial charge in [-0.15, -0.1) is 0 Å². The average Bonchev–Trinajstić information content (AvgIpc) is 3.15. The predicted molar refractivity (Wildman–Crippen MR) is 101 cm³/mol. The van der Waals surface area contributed by atoms with Gasteiger partial charge < -0.3 is 9.80 Å². The van der Waals surface area contributed by atoms with Gasteiger partial charge in [0.1, 0.15) is 16.9 Å². The minimum absolute atomic E-state index is 0.0620. The van der Waals surface area contributed by atoms with Crippen molar-refractivity contribution >= 4 is 23.6 Å². The van der Waals surface area contributed by atoms with E-state index in [9.17, 15) is 19.2 Å². The van der Waals surface area contributed by atoms with Gasteiger partial charge in [0.25, 0.3) is 23.2 Å². The molecular formula is C18H23N7O4. The van der Waals surface area contributed by atoms with E-state index in [1.165, 1.54) is 11.1 Å². The molecule has 2 fully saturated rings. The first-order valence-corrected chi connectivity index (χ1v) is 9.59. The van der Waals surface area contributed by atoms with E-state index in [0.29, 0.717) is 25.2 Å². The number of amides is 4. The Labute approximate surface area is 166 Å². The molecule has 4 heterocycles. The van der Waals surface area contributed by atoms with Crippen LogP contribution >= 0.6 is 0 Å². The van der Waals surface area contributed by atoms with Gasteiger partial charge >= 0.3 is 6.03 Å². The number of likely N-dealkylation sites (tertiary alicyclic amines) is 1. The van der Waals surface area contributed by atoms with Crippen molar-refractivity contribution in [3.8, 4) is 0 Å². The number of imide groups is 1. The normalized spacial score (nSPS) is 18.9. The lowest BCUT2D eigenvalue weighted by Gasteiger charge is -2.42. The Morgan fingerprint density at radius 3 is 2.59 bits per heavy atom. The van der Waals surface area contributed by atoms with Crippen LogP contribution in [0.2, 0.25) is 0 Å². The maximum Gasteiger partial charge on any atom is 0.325 e. The van der Waals surface area contributed by atoms with E-state index in [0.717, 1.165) is 4.52 Å². The quantitative estimate of drug-likeness (QED) is 0.691. The number of carbonyl (C=O) groups is 3. The summed E-state index contributed by atoms with van der Waals surface area (Å²) in [7, 11) is 0. The Kier molecular flexibility index (Phi) is 4.39. The highest BCUT2D eigenvalue weighted by Gasteiger charge is 2.54. The summed E-state index contributed by atoms with van der Waals surface area (Å²) in [6.45, 7) is 6.64. The standard InChI is InChI=1S/C18H23N7O4/c1-10(2)9-24-17(29)21-15(28)18(24)4-6-23(7-5-18)13(26)12-8-19-16-20-11(3)22-25(16)14(12)27/h8,10H,4-7,9H2,1-3H3,(H,19,20,22)(H,21,28,29). The van der Waals surface area contributed by atoms with E-state index >= 15 is 0 Å². The van der Waals surface area contributed by atoms with Gasteiger partial charge in [0.15, 0.2) is 0 Å². The fourth-order valence-electron chi connectivity index (χ4n) is 4.08. The largest absolute Gasteiger partial charge is 0.338 e. The number of hydrogen-bond donors (Lipinski definition) is 2. The lowest BCUT2D eigenvalue weighted by molar-refractivity contribution is -0.129. The van der Waals surface area contributed by atoms with E-state index < -0.39 is 17.0 Å². The summed E-state index contributed by atoms with van der Waals surface area (Å²) >= 11 is 0. The number of nitrogens with one attached hydrogen (secondary N) is 2. The van der Waals surface area contributed by atoms with Crippen LogP contribution in [0.4, 0.5) is 4.79 Å². The molecule has 0 saturated carbocycles. The van der Waals surface area contributed by atoms with E-state index in [1.54, 1.807) is 11.8 Å². The van der Waals surface area contributed by atoms with Crippen molar-refractivity contribution in [3.63, 3.8) is 0 Å². The Morgan fingerprint density at radius 2 is 1.93 bits per heavy atom. The zero-order valence-corrected chi connectivity index (χ0v) is 16.6. The molecule has 2 aromatic rings. The summed E-state index contributed by atoms with van der Waals surface area (Å²) in [5.41, 5.74) is -1.51. The van der Waals surface area contributed by atoms with Crippen LogP contribution in [-0.4, -0.2) is 72.4 Å². The molecule has 11 nitrogen and oxygen atoms in total. The van der Waals surface area contributed by atoms with E-state index in [2.05, 4.69) is 20.4 Å². The van der Waals surface area contributed by atoms with Crippen LogP contribution in [0.3, 0.4) is 0 Å². The molecule has 2 N–H and O–H groups in total. The topological polar surface area (TPSA) is 133 Å². The van der Waals surface area contributed by atoms with Crippen LogP contribution in [0.25, 0.3) is 5.78 Å². The molecule has 0 unspecified atom stereocenters. The third-order valence-corrected chi connectivity index (χ3v) is 5.54. The molecule has 154 valence electrons. The van der Waals surface area contributed by atoms with Gasteiger partial charge in [0.2, 0.25) is 0 Å². The van der Waals surface area contributed by atoms with Gasteiger partial charge in [-0.25, -0.2) is 9.78 Å². The second-order valence-corrected chi connectivity index (χ2v) is 8.01. The molecule has 0 bridgehead atoms. The minimum atomic E-state index is -0.935. The first kappa shape index (κ1) is 19.1. The average molecular weight is 401 g/mol. The number of fused-ring (bicyclic) bond motifs is 1. The number of hydrogen-bond acceptors (Lipinski definition) is 6. The highest BCUT2D eigenvalue weighted by molar-refractivity contribution is 6.07. The number of rotatable bonds is 3. The summed E-state index contributed by atoms with van der Waals surface area (Å²) in [5, 5.41) is 5.17. The zero-order chi connectivity index (χ0) is 20.9. The molecule has 0 atom stereocenters. The number of aryl methyl sites for hydroxylation is 1. The lowest BCUT2D eigenvalue weighted by atomic mass is 9.85. The number of nitrogens with zero attached hydrogens (tertiary/aromatic N) is 5. The molecule has 2 aliphatic rings. The predicted octanol–water partition coefficient (Wildman–Crippen LogP) is -0.0914. The van der Waals surface area contributed by atoms with Crippen LogP contribution in [-0.2, 0) is 4.79 Å². The number of carbonyl (C=O) groups excluding carboxylic acids is 3. The Balaban J connectivity index is 1.56. The molecule has 0 aliphatic carbocycles. The van der Waals surface area contributed by atoms with Crippen LogP contribution in [0.1, 0.15) is 42.9 Å². The smallest absolute Gasteiger partial charge is 0.325 e. The number of piperidine rings is 1. The molecule has 4 rings (SSSR count). The van der Waals surface area contributed by atoms with Crippen molar-refractivity contribution in [2.45, 2.75) is 39.2 Å². The van der Waals surface area contributed by atoms with Gasteiger partial charge in [-0.3, -0.25) is 24.8 Å². The molecule has 11 heteroatoms. The van der Waals surface area contributed by atoms with Gasteiger partial charge in [-0.05, 0) is 25.7 Å². The number of H-pyrrole nitrogens is 1. The van der Waals surface area contributed by atoms with E-state index in [1.807, 2.05) is 13.8 Å². The van der Waals surface area contributed by atoms with Crippen molar-refractivity contribution in [1.29, 1.82) is 0 Å². The first-order chi connectivity index (χ1) is 13.7. The fourth-order valence-corrected chi connectivity index (χ4v) is 4.08. The SMILES string of the molecule is Cc1nc2ncc(C(=O)N3CCC4(CC3)C(=O)NC(=O)N4CC(C)C)c(=O)n2[nH]1. The summed E-state index contributed by atoms with van der Waals surface area (Å²) in [6.07, 6.45) is 1.88. The Morgan fingerprint density at radius 1 is 1.24 bits per heavy atom. The van der Waals surface area contributed by atoms with Crippen molar-refractivity contribution in [3.05, 3.63) is 27.9 Å². The van der Waals surface area contributed by atoms with Crippen LogP contribution in [0.5, 0.6) is 0 Å². The van der Waals surface area contributed by atoms with Crippen molar-refractivity contribution < 1.29 is 14.4 Å². The monoisotopic (exact) mass is 401 g/mol. The maximum absolute atomic E-state index is 12.9. The number of aromatic nitrogens is 4. The first-order valence-electron chi connectivity index (χ1n) is 9.59. The van der Waals surface area contributed by atoms with Crippen LogP contribution in [0.15, 0.2) is 11.0 Å². The minimum Gasteiger partial charge on any atom is -0.338 e. The Bertz CT molecular complexity index is 1060. The molecule has 4 amide bonds. The highest BCUT2D eigenvalue weighted by Crippen LogP contribution is 2.34. The highest BCUT2D eigenvalue weighted by atomic mass is 16.2. The number of urea groups is 1. The van der Waals surface area contributed by atoms with E-state index in [4.69, 9.17) is 0 Å². The molecule has 2 aromatic heterocycles. The molecule has 0 radical (unpaired) electrons. The van der Waals surface area contributed by atoms with Gasteiger partial charge in [-0.2, -0.15) is 9.50 Å². The zero-order valence-electron chi connectivity index (χ0n) is 16.6. The van der Waals surface area contributed by atoms with Crippen molar-refractivity contribution in [1.82, 2.24) is 34.7 Å². The summed E-state index contributed by atoms with van der Waals surface area (Å²) < 4.78 is 1.14. The molecule has 29 heavy (non-hydrogen) atoms. The third-order valence-electron chi connectivity index (χ3n) is 5.54. The summed E-state index contributed by atoms with van der Waals surface area (Å²) in [6, 6.07) is -0.383. The fraction of sp³-hybridized carbons (Fsp3) is 0.556. The van der Waals surface area contributed by atoms with Crippen LogP contribution in [0, 0.1) is 12.8 Å².